The largest absolute Gasteiger partial charge is 0.488 e. The van der Waals surface area contributed by atoms with Gasteiger partial charge in [0.1, 0.15) is 11.9 Å². The number of carbonyl (C=O) groups is 1. The van der Waals surface area contributed by atoms with Crippen molar-refractivity contribution in [2.45, 2.75) is 25.0 Å². The topological polar surface area (TPSA) is 76.0 Å². The van der Waals surface area contributed by atoms with Crippen LogP contribution in [0.1, 0.15) is 24.5 Å². The zero-order valence-electron chi connectivity index (χ0n) is 9.91. The molecule has 5 heteroatoms. The standard InChI is InChI=1S/C13H16O5/c14-12(13(15)16)10-5-1-2-6-11(10)18-9-4-3-7-17-8-9/h1-2,5-6,9,12,14H,3-4,7-8H2,(H,15,16). The number of carboxylic acid groups (broad SMARTS) is 1. The third kappa shape index (κ3) is 3.00. The zero-order valence-corrected chi connectivity index (χ0v) is 9.91. The third-order valence-corrected chi connectivity index (χ3v) is 2.86. The molecule has 0 aliphatic carbocycles. The van der Waals surface area contributed by atoms with Gasteiger partial charge in [0.15, 0.2) is 6.10 Å². The molecule has 0 spiro atoms. The first-order chi connectivity index (χ1) is 8.68. The highest BCUT2D eigenvalue weighted by atomic mass is 16.5. The summed E-state index contributed by atoms with van der Waals surface area (Å²) >= 11 is 0. The molecule has 2 atom stereocenters. The van der Waals surface area contributed by atoms with E-state index in [0.29, 0.717) is 12.4 Å². The zero-order chi connectivity index (χ0) is 13.0. The number of benzene rings is 1. The monoisotopic (exact) mass is 252 g/mol. The van der Waals surface area contributed by atoms with Gasteiger partial charge < -0.3 is 19.7 Å². The Balaban J connectivity index is 2.13. The summed E-state index contributed by atoms with van der Waals surface area (Å²) in [6.07, 6.45) is 0.151. The molecule has 18 heavy (non-hydrogen) atoms. The van der Waals surface area contributed by atoms with E-state index < -0.39 is 12.1 Å². The van der Waals surface area contributed by atoms with Crippen molar-refractivity contribution >= 4 is 5.97 Å². The molecule has 0 radical (unpaired) electrons. The van der Waals surface area contributed by atoms with E-state index in [1.165, 1.54) is 0 Å². The average Bonchev–Trinajstić information content (AvgIpc) is 2.39. The minimum Gasteiger partial charge on any atom is -0.488 e. The minimum absolute atomic E-state index is 0.0825. The molecule has 1 fully saturated rings. The Kier molecular flexibility index (Phi) is 4.17. The molecular formula is C13H16O5. The molecule has 2 N–H and O–H groups in total. The van der Waals surface area contributed by atoms with Crippen LogP contribution < -0.4 is 4.74 Å². The highest BCUT2D eigenvalue weighted by Gasteiger charge is 2.22. The number of aliphatic hydroxyl groups excluding tert-OH is 1. The van der Waals surface area contributed by atoms with Crippen molar-refractivity contribution in [2.24, 2.45) is 0 Å². The van der Waals surface area contributed by atoms with Crippen LogP contribution in [0.5, 0.6) is 5.75 Å². The number of rotatable bonds is 4. The van der Waals surface area contributed by atoms with E-state index in [1.807, 2.05) is 0 Å². The predicted octanol–water partition coefficient (Wildman–Crippen LogP) is 1.36. The molecule has 1 heterocycles. The Hall–Kier alpha value is -1.59. The van der Waals surface area contributed by atoms with Crippen LogP contribution in [0, 0.1) is 0 Å². The van der Waals surface area contributed by atoms with E-state index in [4.69, 9.17) is 14.6 Å². The molecule has 2 rings (SSSR count). The Morgan fingerprint density at radius 2 is 2.22 bits per heavy atom. The Bertz CT molecular complexity index is 412. The summed E-state index contributed by atoms with van der Waals surface area (Å²) in [5.41, 5.74) is 0.274. The molecule has 0 saturated carbocycles. The predicted molar refractivity (Wildman–Crippen MR) is 63.5 cm³/mol. The molecule has 0 aromatic heterocycles. The third-order valence-electron chi connectivity index (χ3n) is 2.86. The van der Waals surface area contributed by atoms with E-state index in [9.17, 15) is 9.90 Å². The summed E-state index contributed by atoms with van der Waals surface area (Å²) in [7, 11) is 0. The highest BCUT2D eigenvalue weighted by Crippen LogP contribution is 2.27. The minimum atomic E-state index is -1.56. The van der Waals surface area contributed by atoms with Gasteiger partial charge in [-0.05, 0) is 18.9 Å². The summed E-state index contributed by atoms with van der Waals surface area (Å²) in [5.74, 6) is -0.881. The van der Waals surface area contributed by atoms with E-state index in [1.54, 1.807) is 24.3 Å². The van der Waals surface area contributed by atoms with Crippen LogP contribution in [-0.4, -0.2) is 35.5 Å². The molecule has 98 valence electrons. The quantitative estimate of drug-likeness (QED) is 0.846. The number of aliphatic carboxylic acids is 1. The number of ether oxygens (including phenoxy) is 2. The van der Waals surface area contributed by atoms with Crippen LogP contribution in [-0.2, 0) is 9.53 Å². The first kappa shape index (κ1) is 12.9. The van der Waals surface area contributed by atoms with Gasteiger partial charge in [0.25, 0.3) is 0 Å². The maximum absolute atomic E-state index is 10.8. The van der Waals surface area contributed by atoms with E-state index in [2.05, 4.69) is 0 Å². The number of para-hydroxylation sites is 1. The van der Waals surface area contributed by atoms with Crippen molar-refractivity contribution in [3.05, 3.63) is 29.8 Å². The molecule has 1 aromatic rings. The molecule has 0 bridgehead atoms. The number of hydrogen-bond acceptors (Lipinski definition) is 4. The first-order valence-corrected chi connectivity index (χ1v) is 5.92. The highest BCUT2D eigenvalue weighted by molar-refractivity contribution is 5.75. The second kappa shape index (κ2) is 5.84. The molecule has 1 aliphatic heterocycles. The van der Waals surface area contributed by atoms with E-state index >= 15 is 0 Å². The Morgan fingerprint density at radius 1 is 1.44 bits per heavy atom. The molecule has 2 unspecified atom stereocenters. The second-order valence-corrected chi connectivity index (χ2v) is 4.24. The van der Waals surface area contributed by atoms with Gasteiger partial charge in [-0.1, -0.05) is 18.2 Å². The van der Waals surface area contributed by atoms with Crippen molar-refractivity contribution in [2.75, 3.05) is 13.2 Å². The maximum atomic E-state index is 10.8. The lowest BCUT2D eigenvalue weighted by atomic mass is 10.1. The SMILES string of the molecule is O=C(O)C(O)c1ccccc1OC1CCCOC1. The molecule has 1 aromatic carbocycles. The van der Waals surface area contributed by atoms with E-state index in [0.717, 1.165) is 19.4 Å². The van der Waals surface area contributed by atoms with Crippen LogP contribution in [0.4, 0.5) is 0 Å². The van der Waals surface area contributed by atoms with Gasteiger partial charge in [0.05, 0.1) is 6.61 Å². The number of carboxylic acids is 1. The maximum Gasteiger partial charge on any atom is 0.337 e. The smallest absolute Gasteiger partial charge is 0.337 e. The lowest BCUT2D eigenvalue weighted by molar-refractivity contribution is -0.147. The molecular weight excluding hydrogens is 236 g/mol. The lowest BCUT2D eigenvalue weighted by Gasteiger charge is -2.24. The lowest BCUT2D eigenvalue weighted by Crippen LogP contribution is -2.28. The first-order valence-electron chi connectivity index (χ1n) is 5.92. The second-order valence-electron chi connectivity index (χ2n) is 4.24. The Labute approximate surface area is 105 Å². The van der Waals surface area contributed by atoms with Gasteiger partial charge in [0, 0.05) is 12.2 Å². The van der Waals surface area contributed by atoms with Crippen molar-refractivity contribution in [3.8, 4) is 5.75 Å². The normalized spacial score (nSPS) is 21.3. The number of hydrogen-bond donors (Lipinski definition) is 2. The summed E-state index contributed by atoms with van der Waals surface area (Å²) in [4.78, 5) is 10.8. The van der Waals surface area contributed by atoms with Gasteiger partial charge in [-0.15, -0.1) is 0 Å². The summed E-state index contributed by atoms with van der Waals surface area (Å²) in [5, 5.41) is 18.4. The fourth-order valence-electron chi connectivity index (χ4n) is 1.93. The molecule has 1 saturated heterocycles. The van der Waals surface area contributed by atoms with Crippen LogP contribution >= 0.6 is 0 Å². The van der Waals surface area contributed by atoms with Crippen LogP contribution in [0.25, 0.3) is 0 Å². The van der Waals surface area contributed by atoms with Crippen LogP contribution in [0.15, 0.2) is 24.3 Å². The van der Waals surface area contributed by atoms with Crippen molar-refractivity contribution in [3.63, 3.8) is 0 Å². The van der Waals surface area contributed by atoms with Crippen LogP contribution in [0.2, 0.25) is 0 Å². The van der Waals surface area contributed by atoms with Crippen molar-refractivity contribution < 1.29 is 24.5 Å². The van der Waals surface area contributed by atoms with Crippen molar-refractivity contribution in [1.29, 1.82) is 0 Å². The van der Waals surface area contributed by atoms with Gasteiger partial charge in [-0.3, -0.25) is 0 Å². The molecule has 1 aliphatic rings. The summed E-state index contributed by atoms with van der Waals surface area (Å²) < 4.78 is 11.0. The van der Waals surface area contributed by atoms with Gasteiger partial charge >= 0.3 is 5.97 Å². The van der Waals surface area contributed by atoms with Gasteiger partial charge in [-0.25, -0.2) is 4.79 Å². The van der Waals surface area contributed by atoms with E-state index in [-0.39, 0.29) is 11.7 Å². The fraction of sp³-hybridized carbons (Fsp3) is 0.462. The van der Waals surface area contributed by atoms with Gasteiger partial charge in [0.2, 0.25) is 0 Å². The summed E-state index contributed by atoms with van der Waals surface area (Å²) in [6, 6.07) is 6.64. The molecule has 5 nitrogen and oxygen atoms in total. The average molecular weight is 252 g/mol. The number of aliphatic hydroxyl groups is 1. The van der Waals surface area contributed by atoms with Crippen molar-refractivity contribution in [1.82, 2.24) is 0 Å². The molecule has 0 amide bonds. The fourth-order valence-corrected chi connectivity index (χ4v) is 1.93. The van der Waals surface area contributed by atoms with Gasteiger partial charge in [-0.2, -0.15) is 0 Å². The summed E-state index contributed by atoms with van der Waals surface area (Å²) in [6.45, 7) is 1.23. The van der Waals surface area contributed by atoms with Crippen LogP contribution in [0.3, 0.4) is 0 Å². The Morgan fingerprint density at radius 3 is 2.89 bits per heavy atom.